The number of hydrogen-bond acceptors (Lipinski definition) is 4. The Morgan fingerprint density at radius 3 is 2.24 bits per heavy atom. The van der Waals surface area contributed by atoms with Gasteiger partial charge in [0, 0.05) is 18.0 Å². The Hall–Kier alpha value is -3.35. The predicted molar refractivity (Wildman–Crippen MR) is 124 cm³/mol. The normalized spacial score (nSPS) is 20.3. The van der Waals surface area contributed by atoms with Gasteiger partial charge in [-0.25, -0.2) is 4.79 Å². The highest BCUT2D eigenvalue weighted by Gasteiger charge is 2.34. The Kier molecular flexibility index (Phi) is 6.96. The summed E-state index contributed by atoms with van der Waals surface area (Å²) in [7, 11) is 0. The number of rotatable bonds is 7. The second kappa shape index (κ2) is 10.1. The molecular formula is C26H30N2O5. The summed E-state index contributed by atoms with van der Waals surface area (Å²) in [5, 5.41) is 14.6. The number of carbonyl (C=O) groups is 3. The molecule has 3 atom stereocenters. The Morgan fingerprint density at radius 1 is 1.00 bits per heavy atom. The summed E-state index contributed by atoms with van der Waals surface area (Å²) in [6.45, 7) is 1.89. The van der Waals surface area contributed by atoms with Crippen molar-refractivity contribution in [1.82, 2.24) is 10.6 Å². The van der Waals surface area contributed by atoms with Crippen molar-refractivity contribution < 1.29 is 24.2 Å². The number of nitrogens with one attached hydrogen (secondary N) is 2. The predicted octanol–water partition coefficient (Wildman–Crippen LogP) is 4.06. The second-order valence-electron chi connectivity index (χ2n) is 8.97. The SMILES string of the molecule is CC(CC(=O)O)NC(=O)C1CCCCC1NC(=O)OCC1c2ccccc2-c2ccccc21. The molecule has 2 aromatic carbocycles. The van der Waals surface area contributed by atoms with Gasteiger partial charge in [-0.3, -0.25) is 9.59 Å². The minimum absolute atomic E-state index is 0.0227. The summed E-state index contributed by atoms with van der Waals surface area (Å²) in [5.41, 5.74) is 4.63. The number of ether oxygens (including phenoxy) is 1. The molecule has 174 valence electrons. The highest BCUT2D eigenvalue weighted by Crippen LogP contribution is 2.44. The molecule has 7 nitrogen and oxygen atoms in total. The smallest absolute Gasteiger partial charge is 0.407 e. The number of benzene rings is 2. The van der Waals surface area contributed by atoms with Crippen LogP contribution in [-0.2, 0) is 14.3 Å². The Morgan fingerprint density at radius 2 is 1.61 bits per heavy atom. The van der Waals surface area contributed by atoms with Crippen molar-refractivity contribution in [2.75, 3.05) is 6.61 Å². The molecule has 0 spiro atoms. The number of aliphatic carboxylic acids is 1. The van der Waals surface area contributed by atoms with E-state index in [0.29, 0.717) is 12.8 Å². The number of fused-ring (bicyclic) bond motifs is 3. The zero-order valence-corrected chi connectivity index (χ0v) is 18.8. The molecule has 33 heavy (non-hydrogen) atoms. The molecule has 0 aromatic heterocycles. The molecule has 3 N–H and O–H groups in total. The summed E-state index contributed by atoms with van der Waals surface area (Å²) < 4.78 is 5.64. The van der Waals surface area contributed by atoms with Gasteiger partial charge in [-0.05, 0) is 42.0 Å². The molecule has 2 aliphatic carbocycles. The van der Waals surface area contributed by atoms with E-state index in [2.05, 4.69) is 34.9 Å². The van der Waals surface area contributed by atoms with Gasteiger partial charge in [-0.1, -0.05) is 61.4 Å². The van der Waals surface area contributed by atoms with Crippen LogP contribution in [0.15, 0.2) is 48.5 Å². The molecule has 0 radical (unpaired) electrons. The quantitative estimate of drug-likeness (QED) is 0.590. The largest absolute Gasteiger partial charge is 0.481 e. The maximum atomic E-state index is 12.7. The van der Waals surface area contributed by atoms with Gasteiger partial charge in [0.1, 0.15) is 6.61 Å². The molecule has 2 aromatic rings. The maximum Gasteiger partial charge on any atom is 0.407 e. The second-order valence-corrected chi connectivity index (χ2v) is 8.97. The lowest BCUT2D eigenvalue weighted by Crippen LogP contribution is -2.50. The van der Waals surface area contributed by atoms with Gasteiger partial charge in [-0.15, -0.1) is 0 Å². The molecule has 1 saturated carbocycles. The number of carbonyl (C=O) groups excluding carboxylic acids is 2. The first-order valence-electron chi connectivity index (χ1n) is 11.6. The fourth-order valence-corrected chi connectivity index (χ4v) is 5.07. The van der Waals surface area contributed by atoms with Crippen LogP contribution < -0.4 is 10.6 Å². The van der Waals surface area contributed by atoms with E-state index in [1.165, 1.54) is 11.1 Å². The van der Waals surface area contributed by atoms with E-state index in [0.717, 1.165) is 24.0 Å². The van der Waals surface area contributed by atoms with Crippen molar-refractivity contribution in [3.05, 3.63) is 59.7 Å². The number of amides is 2. The maximum absolute atomic E-state index is 12.7. The Labute approximate surface area is 193 Å². The van der Waals surface area contributed by atoms with Gasteiger partial charge in [0.05, 0.1) is 12.3 Å². The Balaban J connectivity index is 1.37. The molecular weight excluding hydrogens is 420 g/mol. The van der Waals surface area contributed by atoms with Crippen LogP contribution in [0.1, 0.15) is 56.1 Å². The van der Waals surface area contributed by atoms with Crippen LogP contribution >= 0.6 is 0 Å². The average Bonchev–Trinajstić information content (AvgIpc) is 3.11. The van der Waals surface area contributed by atoms with Gasteiger partial charge >= 0.3 is 12.1 Å². The number of hydrogen-bond donors (Lipinski definition) is 3. The monoisotopic (exact) mass is 450 g/mol. The van der Waals surface area contributed by atoms with Crippen molar-refractivity contribution in [1.29, 1.82) is 0 Å². The topological polar surface area (TPSA) is 105 Å². The van der Waals surface area contributed by atoms with Gasteiger partial charge in [0.15, 0.2) is 0 Å². The van der Waals surface area contributed by atoms with Gasteiger partial charge < -0.3 is 20.5 Å². The van der Waals surface area contributed by atoms with E-state index in [4.69, 9.17) is 9.84 Å². The number of carboxylic acids is 1. The first kappa shape index (κ1) is 22.8. The zero-order chi connectivity index (χ0) is 23.4. The first-order valence-corrected chi connectivity index (χ1v) is 11.6. The van der Waals surface area contributed by atoms with Crippen LogP contribution in [0, 0.1) is 5.92 Å². The van der Waals surface area contributed by atoms with E-state index in [1.807, 2.05) is 24.3 Å². The third kappa shape index (κ3) is 5.18. The van der Waals surface area contributed by atoms with Crippen molar-refractivity contribution in [3.63, 3.8) is 0 Å². The highest BCUT2D eigenvalue weighted by molar-refractivity contribution is 5.82. The highest BCUT2D eigenvalue weighted by atomic mass is 16.5. The van der Waals surface area contributed by atoms with E-state index in [1.54, 1.807) is 6.92 Å². The summed E-state index contributed by atoms with van der Waals surface area (Å²) in [4.78, 5) is 36.3. The lowest BCUT2D eigenvalue weighted by atomic mass is 9.83. The van der Waals surface area contributed by atoms with E-state index in [-0.39, 0.29) is 30.9 Å². The van der Waals surface area contributed by atoms with Crippen LogP contribution in [0.5, 0.6) is 0 Å². The molecule has 0 aliphatic heterocycles. The number of carboxylic acid groups (broad SMARTS) is 1. The van der Waals surface area contributed by atoms with E-state index < -0.39 is 24.0 Å². The van der Waals surface area contributed by atoms with Crippen molar-refractivity contribution >= 4 is 18.0 Å². The van der Waals surface area contributed by atoms with Crippen LogP contribution in [0.4, 0.5) is 4.79 Å². The van der Waals surface area contributed by atoms with Crippen LogP contribution in [0.25, 0.3) is 11.1 Å². The lowest BCUT2D eigenvalue weighted by molar-refractivity contribution is -0.137. The molecule has 0 heterocycles. The van der Waals surface area contributed by atoms with Crippen molar-refractivity contribution in [2.45, 2.75) is 57.0 Å². The van der Waals surface area contributed by atoms with E-state index in [9.17, 15) is 14.4 Å². The van der Waals surface area contributed by atoms with E-state index >= 15 is 0 Å². The summed E-state index contributed by atoms with van der Waals surface area (Å²) in [6.07, 6.45) is 2.50. The van der Waals surface area contributed by atoms with Gasteiger partial charge in [0.2, 0.25) is 5.91 Å². The molecule has 1 fully saturated rings. The molecule has 7 heteroatoms. The fourth-order valence-electron chi connectivity index (χ4n) is 5.07. The van der Waals surface area contributed by atoms with Crippen LogP contribution in [0.3, 0.4) is 0 Å². The zero-order valence-electron chi connectivity index (χ0n) is 18.8. The van der Waals surface area contributed by atoms with Crippen molar-refractivity contribution in [3.8, 4) is 11.1 Å². The lowest BCUT2D eigenvalue weighted by Gasteiger charge is -2.31. The van der Waals surface area contributed by atoms with Crippen molar-refractivity contribution in [2.24, 2.45) is 5.92 Å². The summed E-state index contributed by atoms with van der Waals surface area (Å²) in [6, 6.07) is 15.5. The molecule has 0 saturated heterocycles. The molecule has 3 unspecified atom stereocenters. The van der Waals surface area contributed by atoms with Gasteiger partial charge in [-0.2, -0.15) is 0 Å². The van der Waals surface area contributed by atoms with Crippen LogP contribution in [-0.4, -0.2) is 41.8 Å². The molecule has 2 amide bonds. The fraction of sp³-hybridized carbons (Fsp3) is 0.423. The van der Waals surface area contributed by atoms with Gasteiger partial charge in [0.25, 0.3) is 0 Å². The van der Waals surface area contributed by atoms with Crippen LogP contribution in [0.2, 0.25) is 0 Å². The minimum Gasteiger partial charge on any atom is -0.481 e. The number of alkyl carbamates (subject to hydrolysis) is 1. The molecule has 4 rings (SSSR count). The minimum atomic E-state index is -0.959. The molecule has 0 bridgehead atoms. The third-order valence-electron chi connectivity index (χ3n) is 6.62. The summed E-state index contributed by atoms with van der Waals surface area (Å²) >= 11 is 0. The summed E-state index contributed by atoms with van der Waals surface area (Å²) in [5.74, 6) is -1.59. The first-order chi connectivity index (χ1) is 15.9. The Bertz CT molecular complexity index is 991. The molecule has 2 aliphatic rings. The average molecular weight is 451 g/mol. The third-order valence-corrected chi connectivity index (χ3v) is 6.62. The standard InChI is InChI=1S/C26H30N2O5/c1-16(14-24(29)30)27-25(31)21-12-6-7-13-23(21)28-26(32)33-15-22-19-10-4-2-8-17(19)18-9-3-5-11-20(18)22/h2-5,8-11,16,21-23H,6-7,12-15H2,1H3,(H,27,31)(H,28,32)(H,29,30).